The van der Waals surface area contributed by atoms with E-state index < -0.39 is 35.6 Å². The molecule has 1 aromatic heterocycles. The molecule has 13 heteroatoms. The van der Waals surface area contributed by atoms with Gasteiger partial charge in [0.15, 0.2) is 12.4 Å². The Morgan fingerprint density at radius 3 is 2.00 bits per heavy atom. The molecule has 0 radical (unpaired) electrons. The van der Waals surface area contributed by atoms with Gasteiger partial charge in [-0.3, -0.25) is 33.9 Å². The number of aromatic nitrogens is 2. The van der Waals surface area contributed by atoms with Gasteiger partial charge in [-0.2, -0.15) is 0 Å². The van der Waals surface area contributed by atoms with Crippen LogP contribution in [0.3, 0.4) is 0 Å². The number of nitrogens with one attached hydrogen (secondary N) is 4. The minimum Gasteiger partial charge on any atom is -0.381 e. The standard InChI is InChI=1S/C23H41N5O5.C6H12.C5H4N2O.C3H8/c1-6-8-15(18(30)21(32)25-14-10-11-14)26-20(31)16-9-7-12-28(16)22(33)19(23(2,3)4)27-17(29)13-24-5;1-2-4-6-5-3-1;8-4-5-3-6-1-2-7-5;1-3-2/h14-16,18-19,24,30H,6-13H2,1-5H3,(H,25,32)(H,26,31)(H,27,29);1-6H2;1-4H;3H2,1-2H3/t15?,16-,18?,19?;;;/m0.../s1. The van der Waals surface area contributed by atoms with Crippen molar-refractivity contribution in [1.82, 2.24) is 36.1 Å². The molecule has 5 N–H and O–H groups in total. The number of hydrogen-bond acceptors (Lipinski definition) is 9. The lowest BCUT2D eigenvalue weighted by Crippen LogP contribution is -2.60. The van der Waals surface area contributed by atoms with Gasteiger partial charge in [-0.15, -0.1) is 0 Å². The first-order chi connectivity index (χ1) is 23.8. The zero-order valence-corrected chi connectivity index (χ0v) is 31.6. The molecule has 13 nitrogen and oxygen atoms in total. The van der Waals surface area contributed by atoms with Crippen LogP contribution in [0.1, 0.15) is 136 Å². The van der Waals surface area contributed by atoms with Gasteiger partial charge in [0.2, 0.25) is 17.7 Å². The van der Waals surface area contributed by atoms with Crippen LogP contribution in [0.15, 0.2) is 18.6 Å². The van der Waals surface area contributed by atoms with Crippen LogP contribution >= 0.6 is 0 Å². The van der Waals surface area contributed by atoms with E-state index in [1.54, 1.807) is 7.05 Å². The Balaban J connectivity index is 0.000000592. The maximum Gasteiger partial charge on any atom is 0.251 e. The van der Waals surface area contributed by atoms with Crippen LogP contribution in [0.25, 0.3) is 0 Å². The van der Waals surface area contributed by atoms with Gasteiger partial charge in [-0.05, 0) is 44.6 Å². The monoisotopic (exact) mass is 703 g/mol. The lowest BCUT2D eigenvalue weighted by molar-refractivity contribution is -0.144. The predicted octanol–water partition coefficient (Wildman–Crippen LogP) is 3.70. The number of hydrogen-bond donors (Lipinski definition) is 5. The highest BCUT2D eigenvalue weighted by Gasteiger charge is 2.42. The van der Waals surface area contributed by atoms with Crippen molar-refractivity contribution in [3.8, 4) is 0 Å². The average Bonchev–Trinajstić information content (AvgIpc) is 3.78. The number of aliphatic hydroxyl groups is 1. The van der Waals surface area contributed by atoms with Gasteiger partial charge in [-0.25, -0.2) is 0 Å². The third-order valence-corrected chi connectivity index (χ3v) is 8.30. The molecule has 1 aromatic rings. The van der Waals surface area contributed by atoms with E-state index in [9.17, 15) is 29.1 Å². The predicted molar refractivity (Wildman–Crippen MR) is 195 cm³/mol. The summed E-state index contributed by atoms with van der Waals surface area (Å²) in [4.78, 5) is 69.8. The molecule has 50 heavy (non-hydrogen) atoms. The number of carbonyl (C=O) groups excluding carboxylic acids is 5. The summed E-state index contributed by atoms with van der Waals surface area (Å²) in [5.74, 6) is -1.45. The summed E-state index contributed by atoms with van der Waals surface area (Å²) < 4.78 is 0. The molecular formula is C37H65N7O6. The van der Waals surface area contributed by atoms with Crippen molar-refractivity contribution in [3.63, 3.8) is 0 Å². The van der Waals surface area contributed by atoms with E-state index in [-0.39, 0.29) is 30.3 Å². The van der Waals surface area contributed by atoms with E-state index in [1.807, 2.05) is 27.7 Å². The van der Waals surface area contributed by atoms with E-state index >= 15 is 0 Å². The summed E-state index contributed by atoms with van der Waals surface area (Å²) in [5.41, 5.74) is -0.182. The van der Waals surface area contributed by atoms with Crippen LogP contribution in [-0.2, 0) is 19.2 Å². The Hall–Kier alpha value is -3.45. The second kappa shape index (κ2) is 24.7. The molecule has 4 rings (SSSR count). The first-order valence-electron chi connectivity index (χ1n) is 18.6. The highest BCUT2D eigenvalue weighted by atomic mass is 16.3. The van der Waals surface area contributed by atoms with Gasteiger partial charge < -0.3 is 31.3 Å². The maximum atomic E-state index is 13.4. The highest BCUT2D eigenvalue weighted by Crippen LogP contribution is 2.26. The molecule has 4 amide bonds. The van der Waals surface area contributed by atoms with Crippen LogP contribution in [0.5, 0.6) is 0 Å². The van der Waals surface area contributed by atoms with Crippen LogP contribution in [0, 0.1) is 5.41 Å². The van der Waals surface area contributed by atoms with E-state index in [2.05, 4.69) is 45.1 Å². The van der Waals surface area contributed by atoms with Gasteiger partial charge in [0, 0.05) is 25.0 Å². The zero-order valence-electron chi connectivity index (χ0n) is 31.6. The molecule has 2 aliphatic carbocycles. The second-order valence-corrected chi connectivity index (χ2v) is 14.3. The number of amides is 4. The third kappa shape index (κ3) is 17.5. The van der Waals surface area contributed by atoms with Gasteiger partial charge in [0.05, 0.1) is 18.8 Å². The number of aliphatic hydroxyl groups excluding tert-OH is 1. The maximum absolute atomic E-state index is 13.4. The molecule has 3 unspecified atom stereocenters. The summed E-state index contributed by atoms with van der Waals surface area (Å²) in [7, 11) is 1.65. The lowest BCUT2D eigenvalue weighted by atomic mass is 9.85. The molecule has 284 valence electrons. The number of likely N-dealkylation sites (N-methyl/N-ethyl adjacent to an activating group) is 1. The van der Waals surface area contributed by atoms with E-state index in [0.717, 1.165) is 12.8 Å². The molecule has 4 atom stereocenters. The van der Waals surface area contributed by atoms with Crippen LogP contribution < -0.4 is 21.3 Å². The first-order valence-corrected chi connectivity index (χ1v) is 18.6. The molecular weight excluding hydrogens is 638 g/mol. The fourth-order valence-electron chi connectivity index (χ4n) is 5.52. The molecule has 1 saturated heterocycles. The fourth-order valence-corrected chi connectivity index (χ4v) is 5.52. The molecule has 3 fully saturated rings. The summed E-state index contributed by atoms with van der Waals surface area (Å²) in [6.07, 6.45) is 18.0. The number of rotatable bonds is 12. The van der Waals surface area contributed by atoms with Crippen molar-refractivity contribution < 1.29 is 29.1 Å². The Kier molecular flexibility index (Phi) is 22.0. The summed E-state index contributed by atoms with van der Waals surface area (Å²) in [5, 5.41) is 21.7. The van der Waals surface area contributed by atoms with Gasteiger partial charge in [-0.1, -0.05) is 92.9 Å². The fraction of sp³-hybridized carbons (Fsp3) is 0.757. The number of nitrogens with zero attached hydrogens (tertiary/aromatic N) is 3. The van der Waals surface area contributed by atoms with Crippen LogP contribution in [0.4, 0.5) is 0 Å². The lowest BCUT2D eigenvalue weighted by Gasteiger charge is -2.36. The van der Waals surface area contributed by atoms with E-state index in [0.29, 0.717) is 44.2 Å². The quantitative estimate of drug-likeness (QED) is 0.203. The van der Waals surface area contributed by atoms with Gasteiger partial charge in [0.25, 0.3) is 5.91 Å². The Labute approximate surface area is 299 Å². The average molecular weight is 704 g/mol. The number of carbonyl (C=O) groups is 5. The van der Waals surface area contributed by atoms with Crippen molar-refractivity contribution in [2.45, 2.75) is 155 Å². The minimum atomic E-state index is -1.34. The molecule has 2 saturated carbocycles. The molecule has 3 aliphatic rings. The van der Waals surface area contributed by atoms with Crippen molar-refractivity contribution in [2.24, 2.45) is 5.41 Å². The number of likely N-dealkylation sites (tertiary alicyclic amines) is 1. The van der Waals surface area contributed by atoms with Gasteiger partial charge in [0.1, 0.15) is 17.8 Å². The summed E-state index contributed by atoms with van der Waals surface area (Å²) in [6.45, 7) is 12.3. The topological polar surface area (TPSA) is 183 Å². The number of aldehydes is 1. The second-order valence-electron chi connectivity index (χ2n) is 14.3. The Morgan fingerprint density at radius 1 is 0.960 bits per heavy atom. The third-order valence-electron chi connectivity index (χ3n) is 8.30. The van der Waals surface area contributed by atoms with Crippen LogP contribution in [-0.4, -0.2) is 100 Å². The molecule has 1 aliphatic heterocycles. The Bertz CT molecular complexity index is 1130. The molecule has 2 heterocycles. The minimum absolute atomic E-state index is 0.0866. The van der Waals surface area contributed by atoms with Crippen LogP contribution in [0.2, 0.25) is 0 Å². The first kappa shape index (κ1) is 44.6. The zero-order chi connectivity index (χ0) is 37.5. The van der Waals surface area contributed by atoms with Crippen molar-refractivity contribution in [1.29, 1.82) is 0 Å². The normalized spacial score (nSPS) is 18.6. The summed E-state index contributed by atoms with van der Waals surface area (Å²) >= 11 is 0. The van der Waals surface area contributed by atoms with Gasteiger partial charge >= 0.3 is 0 Å². The SMILES string of the molecule is C1CCCCC1.CCC.CCCC(NC(=O)[C@@H]1CCCN1C(=O)C(NC(=O)CNC)C(C)(C)C)C(O)C(=O)NC1CC1.O=Cc1cnccn1. The molecule has 0 bridgehead atoms. The van der Waals surface area contributed by atoms with Crippen molar-refractivity contribution in [3.05, 3.63) is 24.3 Å². The highest BCUT2D eigenvalue weighted by molar-refractivity contribution is 5.93. The summed E-state index contributed by atoms with van der Waals surface area (Å²) in [6, 6.07) is -2.11. The van der Waals surface area contributed by atoms with Crippen molar-refractivity contribution >= 4 is 29.9 Å². The largest absolute Gasteiger partial charge is 0.381 e. The molecule has 0 aromatic carbocycles. The smallest absolute Gasteiger partial charge is 0.251 e. The Morgan fingerprint density at radius 2 is 1.56 bits per heavy atom. The van der Waals surface area contributed by atoms with E-state index in [4.69, 9.17) is 0 Å². The van der Waals surface area contributed by atoms with Crippen molar-refractivity contribution in [2.75, 3.05) is 20.1 Å². The van der Waals surface area contributed by atoms with E-state index in [1.165, 1.54) is 68.4 Å². The molecule has 0 spiro atoms.